The van der Waals surface area contributed by atoms with E-state index in [9.17, 15) is 0 Å². The van der Waals surface area contributed by atoms with E-state index in [-0.39, 0.29) is 5.60 Å². The Morgan fingerprint density at radius 1 is 1.25 bits per heavy atom. The second-order valence-electron chi connectivity index (χ2n) is 5.93. The first kappa shape index (κ1) is 12.7. The van der Waals surface area contributed by atoms with Crippen LogP contribution in [0, 0.1) is 0 Å². The third-order valence-corrected chi connectivity index (χ3v) is 5.73. The van der Waals surface area contributed by atoms with Crippen LogP contribution < -0.4 is 0 Å². The Morgan fingerprint density at radius 3 is 3.00 bits per heavy atom. The summed E-state index contributed by atoms with van der Waals surface area (Å²) in [7, 11) is 0. The fraction of sp³-hybridized carbons (Fsp3) is 0.562. The van der Waals surface area contributed by atoms with Crippen LogP contribution in [0.1, 0.15) is 31.7 Å². The van der Waals surface area contributed by atoms with Crippen molar-refractivity contribution in [2.75, 3.05) is 18.1 Å². The zero-order valence-corrected chi connectivity index (χ0v) is 12.4. The molecular formula is C16H20N2OS. The maximum atomic E-state index is 6.20. The van der Waals surface area contributed by atoms with E-state index in [1.165, 1.54) is 29.9 Å². The third kappa shape index (κ3) is 2.15. The molecule has 4 heteroatoms. The summed E-state index contributed by atoms with van der Waals surface area (Å²) in [4.78, 5) is 4.55. The van der Waals surface area contributed by atoms with Gasteiger partial charge in [-0.15, -0.1) is 0 Å². The molecule has 0 bridgehead atoms. The number of thioether (sulfide) groups is 1. The summed E-state index contributed by atoms with van der Waals surface area (Å²) in [6.45, 7) is 0.891. The van der Waals surface area contributed by atoms with Gasteiger partial charge in [-0.25, -0.2) is 4.98 Å². The lowest BCUT2D eigenvalue weighted by atomic mass is 9.85. The van der Waals surface area contributed by atoms with E-state index in [1.807, 2.05) is 6.33 Å². The minimum atomic E-state index is 0.138. The van der Waals surface area contributed by atoms with Crippen molar-refractivity contribution >= 4 is 22.8 Å². The van der Waals surface area contributed by atoms with Crippen LogP contribution in [-0.2, 0) is 4.74 Å². The SMILES string of the molecule is c1ccc2c(c1)ncn2C1CCOC2(CCSCC2)C1. The first-order valence-electron chi connectivity index (χ1n) is 7.50. The lowest BCUT2D eigenvalue weighted by Gasteiger charge is -2.43. The molecular weight excluding hydrogens is 268 g/mol. The number of rotatable bonds is 1. The summed E-state index contributed by atoms with van der Waals surface area (Å²) in [5, 5.41) is 0. The molecule has 0 saturated carbocycles. The van der Waals surface area contributed by atoms with E-state index in [1.54, 1.807) is 0 Å². The highest BCUT2D eigenvalue weighted by atomic mass is 32.2. The van der Waals surface area contributed by atoms with Crippen LogP contribution in [0.4, 0.5) is 0 Å². The van der Waals surface area contributed by atoms with E-state index < -0.39 is 0 Å². The fourth-order valence-electron chi connectivity index (χ4n) is 3.60. The van der Waals surface area contributed by atoms with Gasteiger partial charge in [-0.2, -0.15) is 11.8 Å². The highest BCUT2D eigenvalue weighted by Gasteiger charge is 2.39. The number of para-hydroxylation sites is 2. The minimum absolute atomic E-state index is 0.138. The molecule has 1 spiro atoms. The normalized spacial score (nSPS) is 26.1. The van der Waals surface area contributed by atoms with Crippen molar-refractivity contribution in [1.29, 1.82) is 0 Å². The van der Waals surface area contributed by atoms with Gasteiger partial charge in [-0.1, -0.05) is 12.1 Å². The van der Waals surface area contributed by atoms with Gasteiger partial charge in [0.1, 0.15) is 0 Å². The predicted molar refractivity (Wildman–Crippen MR) is 83.2 cm³/mol. The number of imidazole rings is 1. The van der Waals surface area contributed by atoms with Crippen LogP contribution in [-0.4, -0.2) is 33.3 Å². The zero-order chi connectivity index (χ0) is 13.4. The molecule has 0 radical (unpaired) electrons. The number of aromatic nitrogens is 2. The molecule has 2 aliphatic rings. The summed E-state index contributed by atoms with van der Waals surface area (Å²) >= 11 is 2.06. The lowest BCUT2D eigenvalue weighted by Crippen LogP contribution is -2.43. The highest BCUT2D eigenvalue weighted by Crippen LogP contribution is 2.42. The average Bonchev–Trinajstić information content (AvgIpc) is 2.92. The van der Waals surface area contributed by atoms with Crippen molar-refractivity contribution in [1.82, 2.24) is 9.55 Å². The van der Waals surface area contributed by atoms with Crippen molar-refractivity contribution in [3.05, 3.63) is 30.6 Å². The molecule has 0 aliphatic carbocycles. The molecule has 1 atom stereocenters. The highest BCUT2D eigenvalue weighted by molar-refractivity contribution is 7.99. The number of fused-ring (bicyclic) bond motifs is 1. The Morgan fingerprint density at radius 2 is 2.10 bits per heavy atom. The molecule has 3 heterocycles. The number of hydrogen-bond donors (Lipinski definition) is 0. The Balaban J connectivity index is 1.64. The van der Waals surface area contributed by atoms with Crippen LogP contribution in [0.25, 0.3) is 11.0 Å². The fourth-order valence-corrected chi connectivity index (χ4v) is 4.84. The van der Waals surface area contributed by atoms with Gasteiger partial charge >= 0.3 is 0 Å². The molecule has 1 aromatic heterocycles. The van der Waals surface area contributed by atoms with Crippen molar-refractivity contribution in [2.24, 2.45) is 0 Å². The van der Waals surface area contributed by atoms with Gasteiger partial charge < -0.3 is 9.30 Å². The predicted octanol–water partition coefficient (Wildman–Crippen LogP) is 3.65. The van der Waals surface area contributed by atoms with Gasteiger partial charge in [0.15, 0.2) is 0 Å². The summed E-state index contributed by atoms with van der Waals surface area (Å²) in [6, 6.07) is 8.98. The first-order chi connectivity index (χ1) is 9.86. The molecule has 2 aliphatic heterocycles. The summed E-state index contributed by atoms with van der Waals surface area (Å²) in [5.74, 6) is 2.49. The lowest BCUT2D eigenvalue weighted by molar-refractivity contribution is -0.0983. The Kier molecular flexibility index (Phi) is 3.23. The van der Waals surface area contributed by atoms with Crippen LogP contribution in [0.3, 0.4) is 0 Å². The van der Waals surface area contributed by atoms with E-state index in [2.05, 4.69) is 45.6 Å². The van der Waals surface area contributed by atoms with Gasteiger partial charge in [-0.3, -0.25) is 0 Å². The molecule has 106 valence electrons. The zero-order valence-electron chi connectivity index (χ0n) is 11.6. The van der Waals surface area contributed by atoms with Crippen LogP contribution in [0.5, 0.6) is 0 Å². The second-order valence-corrected chi connectivity index (χ2v) is 7.16. The largest absolute Gasteiger partial charge is 0.375 e. The van der Waals surface area contributed by atoms with Gasteiger partial charge in [0, 0.05) is 12.6 Å². The average molecular weight is 288 g/mol. The van der Waals surface area contributed by atoms with Gasteiger partial charge in [0.05, 0.1) is 23.0 Å². The van der Waals surface area contributed by atoms with Gasteiger partial charge in [-0.05, 0) is 49.3 Å². The minimum Gasteiger partial charge on any atom is -0.375 e. The smallest absolute Gasteiger partial charge is 0.0960 e. The number of nitrogens with zero attached hydrogens (tertiary/aromatic N) is 2. The van der Waals surface area contributed by atoms with Gasteiger partial charge in [0.25, 0.3) is 0 Å². The molecule has 1 aromatic carbocycles. The molecule has 1 unspecified atom stereocenters. The summed E-state index contributed by atoms with van der Waals surface area (Å²) in [6.07, 6.45) is 6.69. The standard InChI is InChI=1S/C16H20N2OS/c1-2-4-15-14(3-1)17-12-18(15)13-5-8-19-16(11-13)6-9-20-10-7-16/h1-4,12-13H,5-11H2. The van der Waals surface area contributed by atoms with Crippen LogP contribution >= 0.6 is 11.8 Å². The molecule has 0 N–H and O–H groups in total. The third-order valence-electron chi connectivity index (χ3n) is 4.75. The van der Waals surface area contributed by atoms with Crippen LogP contribution in [0.2, 0.25) is 0 Å². The molecule has 2 fully saturated rings. The topological polar surface area (TPSA) is 27.1 Å². The number of benzene rings is 1. The summed E-state index contributed by atoms with van der Waals surface area (Å²) < 4.78 is 8.58. The molecule has 4 rings (SSSR count). The molecule has 0 amide bonds. The van der Waals surface area contributed by atoms with Crippen LogP contribution in [0.15, 0.2) is 30.6 Å². The van der Waals surface area contributed by atoms with E-state index in [4.69, 9.17) is 4.74 Å². The molecule has 20 heavy (non-hydrogen) atoms. The van der Waals surface area contributed by atoms with E-state index >= 15 is 0 Å². The second kappa shape index (κ2) is 5.08. The number of ether oxygens (including phenoxy) is 1. The van der Waals surface area contributed by atoms with Crippen molar-refractivity contribution in [2.45, 2.75) is 37.3 Å². The van der Waals surface area contributed by atoms with Crippen molar-refractivity contribution in [3.8, 4) is 0 Å². The quantitative estimate of drug-likeness (QED) is 0.801. The van der Waals surface area contributed by atoms with Crippen molar-refractivity contribution in [3.63, 3.8) is 0 Å². The maximum absolute atomic E-state index is 6.20. The first-order valence-corrected chi connectivity index (χ1v) is 8.65. The summed E-state index contributed by atoms with van der Waals surface area (Å²) in [5.41, 5.74) is 2.51. The number of hydrogen-bond acceptors (Lipinski definition) is 3. The Labute approximate surface area is 123 Å². The molecule has 2 aromatic rings. The molecule has 3 nitrogen and oxygen atoms in total. The monoisotopic (exact) mass is 288 g/mol. The Bertz CT molecular complexity index is 598. The van der Waals surface area contributed by atoms with E-state index in [0.717, 1.165) is 25.0 Å². The van der Waals surface area contributed by atoms with E-state index in [0.29, 0.717) is 6.04 Å². The maximum Gasteiger partial charge on any atom is 0.0960 e. The Hall–Kier alpha value is -1.000. The van der Waals surface area contributed by atoms with Gasteiger partial charge in [0.2, 0.25) is 0 Å². The molecule has 2 saturated heterocycles. The van der Waals surface area contributed by atoms with Crippen molar-refractivity contribution < 1.29 is 4.74 Å².